The summed E-state index contributed by atoms with van der Waals surface area (Å²) in [5, 5.41) is 21.4. The lowest BCUT2D eigenvalue weighted by Gasteiger charge is -2.25. The maximum atomic E-state index is 12.3. The summed E-state index contributed by atoms with van der Waals surface area (Å²) in [6.07, 6.45) is 2.04. The first-order chi connectivity index (χ1) is 12.1. The molecule has 1 atom stereocenters. The molecular formula is C18H28N2O5. The van der Waals surface area contributed by atoms with Crippen molar-refractivity contribution in [2.75, 3.05) is 38.3 Å². The summed E-state index contributed by atoms with van der Waals surface area (Å²) in [6, 6.07) is 3.72. The van der Waals surface area contributed by atoms with Crippen molar-refractivity contribution in [1.29, 1.82) is 0 Å². The lowest BCUT2D eigenvalue weighted by atomic mass is 10.1. The van der Waals surface area contributed by atoms with Crippen LogP contribution < -0.4 is 19.7 Å². The summed E-state index contributed by atoms with van der Waals surface area (Å²) in [5.41, 5.74) is 1.63. The second-order valence-electron chi connectivity index (χ2n) is 6.04. The van der Waals surface area contributed by atoms with Crippen LogP contribution in [0.15, 0.2) is 12.1 Å². The topological polar surface area (TPSA) is 91.3 Å². The lowest BCUT2D eigenvalue weighted by Crippen LogP contribution is -2.35. The Bertz CT molecular complexity index is 573. The van der Waals surface area contributed by atoms with Crippen LogP contribution in [0.2, 0.25) is 0 Å². The number of fused-ring (bicyclic) bond motifs is 1. The van der Waals surface area contributed by atoms with Crippen molar-refractivity contribution in [2.24, 2.45) is 0 Å². The van der Waals surface area contributed by atoms with Gasteiger partial charge in [-0.3, -0.25) is 4.79 Å². The molecule has 0 fully saturated rings. The summed E-state index contributed by atoms with van der Waals surface area (Å²) in [5.74, 6) is 1.01. The van der Waals surface area contributed by atoms with Gasteiger partial charge in [-0.05, 0) is 18.9 Å². The van der Waals surface area contributed by atoms with Gasteiger partial charge >= 0.3 is 0 Å². The minimum atomic E-state index is -0.521. The third-order valence-electron chi connectivity index (χ3n) is 4.27. The highest BCUT2D eigenvalue weighted by atomic mass is 16.5. The Hall–Kier alpha value is -1.99. The van der Waals surface area contributed by atoms with E-state index in [9.17, 15) is 15.0 Å². The molecule has 1 aromatic rings. The van der Waals surface area contributed by atoms with Crippen LogP contribution in [-0.4, -0.2) is 55.6 Å². The number of aliphatic hydroxyl groups excluding tert-OH is 2. The number of benzene rings is 1. The minimum absolute atomic E-state index is 0.0221. The number of carbonyl (C=O) groups excluding carboxylic acids is 1. The van der Waals surface area contributed by atoms with Crippen molar-refractivity contribution in [3.8, 4) is 11.5 Å². The number of unbranched alkanes of at least 4 members (excludes halogenated alkanes) is 1. The van der Waals surface area contributed by atoms with E-state index in [4.69, 9.17) is 9.47 Å². The van der Waals surface area contributed by atoms with Gasteiger partial charge in [0, 0.05) is 37.0 Å². The molecule has 0 saturated heterocycles. The number of aliphatic hydroxyl groups is 2. The predicted octanol–water partition coefficient (Wildman–Crippen LogP) is 1.05. The fraction of sp³-hybridized carbons (Fsp3) is 0.611. The third-order valence-corrected chi connectivity index (χ3v) is 4.27. The van der Waals surface area contributed by atoms with Crippen molar-refractivity contribution in [1.82, 2.24) is 5.32 Å². The van der Waals surface area contributed by atoms with E-state index >= 15 is 0 Å². The Labute approximate surface area is 148 Å². The number of carbonyl (C=O) groups is 1. The number of hydrogen-bond acceptors (Lipinski definition) is 6. The van der Waals surface area contributed by atoms with Gasteiger partial charge in [-0.15, -0.1) is 0 Å². The second-order valence-corrected chi connectivity index (χ2v) is 6.04. The molecule has 1 aliphatic rings. The number of amides is 1. The number of ether oxygens (including phenoxy) is 2. The molecule has 1 unspecified atom stereocenters. The Kier molecular flexibility index (Phi) is 7.33. The molecule has 1 aromatic carbocycles. The van der Waals surface area contributed by atoms with E-state index in [1.54, 1.807) is 7.11 Å². The fourth-order valence-corrected chi connectivity index (χ4v) is 2.93. The Morgan fingerprint density at radius 3 is 2.64 bits per heavy atom. The quantitative estimate of drug-likeness (QED) is 0.615. The van der Waals surface area contributed by atoms with Crippen molar-refractivity contribution < 1.29 is 24.5 Å². The summed E-state index contributed by atoms with van der Waals surface area (Å²) >= 11 is 0. The van der Waals surface area contributed by atoms with Crippen molar-refractivity contribution in [3.63, 3.8) is 0 Å². The monoisotopic (exact) mass is 352 g/mol. The van der Waals surface area contributed by atoms with Crippen LogP contribution >= 0.6 is 0 Å². The molecule has 0 saturated carbocycles. The summed E-state index contributed by atoms with van der Waals surface area (Å²) in [6.45, 7) is 3.18. The molecule has 0 radical (unpaired) electrons. The van der Waals surface area contributed by atoms with E-state index in [0.717, 1.165) is 24.1 Å². The summed E-state index contributed by atoms with van der Waals surface area (Å²) in [4.78, 5) is 14.1. The van der Waals surface area contributed by atoms with E-state index in [0.29, 0.717) is 37.6 Å². The van der Waals surface area contributed by atoms with Crippen molar-refractivity contribution >= 4 is 11.6 Å². The normalized spacial score (nSPS) is 16.5. The molecule has 1 amide bonds. The van der Waals surface area contributed by atoms with E-state index in [1.807, 2.05) is 17.0 Å². The maximum absolute atomic E-state index is 12.3. The number of anilines is 1. The molecule has 1 aliphatic heterocycles. The van der Waals surface area contributed by atoms with Crippen molar-refractivity contribution in [3.05, 3.63) is 17.7 Å². The number of nitrogens with zero attached hydrogens (tertiary/aromatic N) is 1. The number of nitrogens with one attached hydrogen (secondary N) is 1. The highest BCUT2D eigenvalue weighted by molar-refractivity contribution is 5.82. The zero-order valence-electron chi connectivity index (χ0n) is 15.0. The largest absolute Gasteiger partial charge is 0.493 e. The molecule has 0 spiro atoms. The average Bonchev–Trinajstić information content (AvgIpc) is 2.78. The SMILES string of the molecule is CCCCC1Oc2c(cc(N(CCO)CCO)cc2OC)CNC1=O. The molecule has 140 valence electrons. The van der Waals surface area contributed by atoms with Crippen LogP contribution in [0.25, 0.3) is 0 Å². The predicted molar refractivity (Wildman–Crippen MR) is 95.2 cm³/mol. The van der Waals surface area contributed by atoms with E-state index in [2.05, 4.69) is 12.2 Å². The first-order valence-corrected chi connectivity index (χ1v) is 8.76. The van der Waals surface area contributed by atoms with Gasteiger partial charge in [-0.2, -0.15) is 0 Å². The zero-order valence-corrected chi connectivity index (χ0v) is 15.0. The molecule has 1 heterocycles. The molecule has 0 aliphatic carbocycles. The van der Waals surface area contributed by atoms with Crippen LogP contribution in [0.3, 0.4) is 0 Å². The Morgan fingerprint density at radius 1 is 1.32 bits per heavy atom. The Balaban J connectivity index is 2.35. The molecular weight excluding hydrogens is 324 g/mol. The van der Waals surface area contributed by atoms with Gasteiger partial charge in [0.05, 0.1) is 20.3 Å². The third kappa shape index (κ3) is 4.76. The van der Waals surface area contributed by atoms with E-state index in [-0.39, 0.29) is 19.1 Å². The Morgan fingerprint density at radius 2 is 2.04 bits per heavy atom. The van der Waals surface area contributed by atoms with Gasteiger partial charge in [-0.1, -0.05) is 13.3 Å². The van der Waals surface area contributed by atoms with Crippen LogP contribution in [0.4, 0.5) is 5.69 Å². The zero-order chi connectivity index (χ0) is 18.2. The molecule has 0 bridgehead atoms. The van der Waals surface area contributed by atoms with Gasteiger partial charge in [-0.25, -0.2) is 0 Å². The smallest absolute Gasteiger partial charge is 0.261 e. The number of rotatable bonds is 9. The second kappa shape index (κ2) is 9.48. The van der Waals surface area contributed by atoms with Crippen LogP contribution in [0.1, 0.15) is 31.7 Å². The first-order valence-electron chi connectivity index (χ1n) is 8.76. The van der Waals surface area contributed by atoms with Gasteiger partial charge in [0.2, 0.25) is 0 Å². The van der Waals surface area contributed by atoms with E-state index in [1.165, 1.54) is 0 Å². The molecule has 7 nitrogen and oxygen atoms in total. The summed E-state index contributed by atoms with van der Waals surface area (Å²) in [7, 11) is 1.56. The van der Waals surface area contributed by atoms with Crippen LogP contribution in [-0.2, 0) is 11.3 Å². The fourth-order valence-electron chi connectivity index (χ4n) is 2.93. The average molecular weight is 352 g/mol. The molecule has 2 rings (SSSR count). The molecule has 0 aromatic heterocycles. The molecule has 3 N–H and O–H groups in total. The number of methoxy groups -OCH3 is 1. The number of hydrogen-bond donors (Lipinski definition) is 3. The molecule has 7 heteroatoms. The van der Waals surface area contributed by atoms with Crippen LogP contribution in [0, 0.1) is 0 Å². The van der Waals surface area contributed by atoms with Gasteiger partial charge in [0.25, 0.3) is 5.91 Å². The minimum Gasteiger partial charge on any atom is -0.493 e. The highest BCUT2D eigenvalue weighted by Gasteiger charge is 2.27. The lowest BCUT2D eigenvalue weighted by molar-refractivity contribution is -0.127. The van der Waals surface area contributed by atoms with Crippen LogP contribution in [0.5, 0.6) is 11.5 Å². The van der Waals surface area contributed by atoms with Gasteiger partial charge in [0.1, 0.15) is 0 Å². The standard InChI is InChI=1S/C18H28N2O5/c1-3-4-5-15-18(23)19-12-13-10-14(20(6-8-21)7-9-22)11-16(24-2)17(13)25-15/h10-11,15,21-22H,3-9,12H2,1-2H3,(H,19,23). The highest BCUT2D eigenvalue weighted by Crippen LogP contribution is 2.38. The summed E-state index contributed by atoms with van der Waals surface area (Å²) < 4.78 is 11.5. The maximum Gasteiger partial charge on any atom is 0.261 e. The molecule has 25 heavy (non-hydrogen) atoms. The van der Waals surface area contributed by atoms with Gasteiger partial charge < -0.3 is 29.9 Å². The van der Waals surface area contributed by atoms with E-state index < -0.39 is 6.10 Å². The van der Waals surface area contributed by atoms with Crippen molar-refractivity contribution in [2.45, 2.75) is 38.8 Å². The van der Waals surface area contributed by atoms with Gasteiger partial charge in [0.15, 0.2) is 17.6 Å². The first kappa shape index (κ1) is 19.3.